The van der Waals surface area contributed by atoms with Crippen LogP contribution in [0.1, 0.15) is 30.0 Å². The number of hydrogen-bond acceptors (Lipinski definition) is 5. The van der Waals surface area contributed by atoms with Gasteiger partial charge in [-0.25, -0.2) is 4.98 Å². The highest BCUT2D eigenvalue weighted by Crippen LogP contribution is 2.40. The van der Waals surface area contributed by atoms with E-state index in [4.69, 9.17) is 5.73 Å². The van der Waals surface area contributed by atoms with Crippen LogP contribution in [-0.2, 0) is 11.2 Å². The quantitative estimate of drug-likeness (QED) is 0.790. The molecule has 1 amide bonds. The Morgan fingerprint density at radius 1 is 1.43 bits per heavy atom. The average molecular weight is 303 g/mol. The van der Waals surface area contributed by atoms with Crippen LogP contribution in [0.4, 0.5) is 5.13 Å². The molecule has 0 aliphatic heterocycles. The molecule has 0 spiro atoms. The van der Waals surface area contributed by atoms with Crippen molar-refractivity contribution in [2.45, 2.75) is 31.2 Å². The van der Waals surface area contributed by atoms with Crippen molar-refractivity contribution in [3.63, 3.8) is 0 Å². The summed E-state index contributed by atoms with van der Waals surface area (Å²) in [7, 11) is 0. The summed E-state index contributed by atoms with van der Waals surface area (Å²) < 4.78 is 0. The highest BCUT2D eigenvalue weighted by Gasteiger charge is 2.26. The van der Waals surface area contributed by atoms with Crippen molar-refractivity contribution >= 4 is 22.4 Å². The van der Waals surface area contributed by atoms with E-state index >= 15 is 0 Å². The van der Waals surface area contributed by atoms with Crippen LogP contribution in [0.25, 0.3) is 0 Å². The van der Waals surface area contributed by atoms with Crippen molar-refractivity contribution in [1.29, 1.82) is 0 Å². The first-order valence-electron chi connectivity index (χ1n) is 6.91. The number of carbonyl (C=O) groups is 1. The molecule has 1 aromatic heterocycles. The number of nitrogens with one attached hydrogen (secondary N) is 1. The Bertz CT molecular complexity index is 635. The smallest absolute Gasteiger partial charge is 0.243 e. The SMILES string of the molecule is N[C@@H](Cc1ccc(O)cc1)C(=O)Nc1nc(C2CC2)cs1. The lowest BCUT2D eigenvalue weighted by atomic mass is 10.1. The van der Waals surface area contributed by atoms with Gasteiger partial charge in [-0.3, -0.25) is 4.79 Å². The minimum absolute atomic E-state index is 0.201. The number of amides is 1. The summed E-state index contributed by atoms with van der Waals surface area (Å²) >= 11 is 1.44. The number of aromatic hydroxyl groups is 1. The predicted molar refractivity (Wildman–Crippen MR) is 82.5 cm³/mol. The number of rotatable bonds is 5. The van der Waals surface area contributed by atoms with E-state index in [-0.39, 0.29) is 11.7 Å². The van der Waals surface area contributed by atoms with Gasteiger partial charge < -0.3 is 16.2 Å². The van der Waals surface area contributed by atoms with E-state index in [0.29, 0.717) is 17.5 Å². The summed E-state index contributed by atoms with van der Waals surface area (Å²) in [6.07, 6.45) is 2.81. The van der Waals surface area contributed by atoms with Crippen LogP contribution in [0.3, 0.4) is 0 Å². The molecule has 0 saturated heterocycles. The molecule has 1 atom stereocenters. The zero-order valence-electron chi connectivity index (χ0n) is 11.5. The number of aromatic nitrogens is 1. The number of benzene rings is 1. The third-order valence-corrected chi connectivity index (χ3v) is 4.25. The van der Waals surface area contributed by atoms with Gasteiger partial charge in [0.2, 0.25) is 5.91 Å². The molecular formula is C15H17N3O2S. The van der Waals surface area contributed by atoms with E-state index < -0.39 is 6.04 Å². The van der Waals surface area contributed by atoms with Gasteiger partial charge in [-0.15, -0.1) is 11.3 Å². The zero-order chi connectivity index (χ0) is 14.8. The first kappa shape index (κ1) is 14.0. The molecule has 2 aromatic rings. The molecule has 1 fully saturated rings. The minimum atomic E-state index is -0.636. The third kappa shape index (κ3) is 3.59. The van der Waals surface area contributed by atoms with Gasteiger partial charge in [0.05, 0.1) is 11.7 Å². The molecule has 21 heavy (non-hydrogen) atoms. The van der Waals surface area contributed by atoms with Gasteiger partial charge in [-0.1, -0.05) is 12.1 Å². The van der Waals surface area contributed by atoms with Crippen molar-refractivity contribution in [2.24, 2.45) is 5.73 Å². The molecule has 1 heterocycles. The van der Waals surface area contributed by atoms with Crippen LogP contribution in [0.15, 0.2) is 29.6 Å². The Morgan fingerprint density at radius 3 is 2.81 bits per heavy atom. The zero-order valence-corrected chi connectivity index (χ0v) is 12.3. The van der Waals surface area contributed by atoms with Gasteiger partial charge in [-0.2, -0.15) is 0 Å². The molecule has 6 heteroatoms. The maximum Gasteiger partial charge on any atom is 0.243 e. The molecule has 5 nitrogen and oxygen atoms in total. The van der Waals surface area contributed by atoms with E-state index in [1.807, 2.05) is 5.38 Å². The molecule has 0 bridgehead atoms. The summed E-state index contributed by atoms with van der Waals surface area (Å²) in [6.45, 7) is 0. The number of phenols is 1. The lowest BCUT2D eigenvalue weighted by Crippen LogP contribution is -2.37. The van der Waals surface area contributed by atoms with Crippen LogP contribution in [0.2, 0.25) is 0 Å². The third-order valence-electron chi connectivity index (χ3n) is 3.48. The van der Waals surface area contributed by atoms with Gasteiger partial charge in [0.25, 0.3) is 0 Å². The summed E-state index contributed by atoms with van der Waals surface area (Å²) in [5, 5.41) is 14.6. The number of nitrogens with two attached hydrogens (primary N) is 1. The Morgan fingerprint density at radius 2 is 2.14 bits per heavy atom. The molecule has 0 unspecified atom stereocenters. The topological polar surface area (TPSA) is 88.2 Å². The maximum atomic E-state index is 12.1. The maximum absolute atomic E-state index is 12.1. The molecule has 1 saturated carbocycles. The summed E-state index contributed by atoms with van der Waals surface area (Å²) in [6, 6.07) is 6.06. The Balaban J connectivity index is 1.57. The fraction of sp³-hybridized carbons (Fsp3) is 0.333. The second kappa shape index (κ2) is 5.83. The number of phenolic OH excluding ortho intramolecular Hbond substituents is 1. The van der Waals surface area contributed by atoms with Crippen molar-refractivity contribution in [1.82, 2.24) is 4.98 Å². The normalized spacial score (nSPS) is 15.7. The van der Waals surface area contributed by atoms with Gasteiger partial charge in [-0.05, 0) is 37.0 Å². The molecular weight excluding hydrogens is 286 g/mol. The monoisotopic (exact) mass is 303 g/mol. The first-order chi connectivity index (χ1) is 10.1. The van der Waals surface area contributed by atoms with Crippen molar-refractivity contribution in [3.8, 4) is 5.75 Å². The van der Waals surface area contributed by atoms with Crippen LogP contribution in [0, 0.1) is 0 Å². The van der Waals surface area contributed by atoms with Gasteiger partial charge in [0.15, 0.2) is 5.13 Å². The number of anilines is 1. The molecule has 1 aliphatic carbocycles. The fourth-order valence-corrected chi connectivity index (χ4v) is 2.88. The standard InChI is InChI=1S/C15H17N3O2S/c16-12(7-9-1-5-11(19)6-2-9)14(20)18-15-17-13(8-21-15)10-3-4-10/h1-2,5-6,8,10,12,19H,3-4,7,16H2,(H,17,18,20)/t12-/m0/s1. The average Bonchev–Trinajstić information content (AvgIpc) is 3.22. The summed E-state index contributed by atoms with van der Waals surface area (Å²) in [5.74, 6) is 0.546. The highest BCUT2D eigenvalue weighted by atomic mass is 32.1. The highest BCUT2D eigenvalue weighted by molar-refractivity contribution is 7.13. The van der Waals surface area contributed by atoms with Crippen LogP contribution >= 0.6 is 11.3 Å². The fourth-order valence-electron chi connectivity index (χ4n) is 2.09. The van der Waals surface area contributed by atoms with Crippen LogP contribution in [0.5, 0.6) is 5.75 Å². The first-order valence-corrected chi connectivity index (χ1v) is 7.79. The molecule has 3 rings (SSSR count). The largest absolute Gasteiger partial charge is 0.508 e. The second-order valence-corrected chi connectivity index (χ2v) is 6.18. The number of thiazole rings is 1. The number of nitrogens with zero attached hydrogens (tertiary/aromatic N) is 1. The molecule has 1 aliphatic rings. The van der Waals surface area contributed by atoms with Crippen molar-refractivity contribution in [3.05, 3.63) is 40.9 Å². The Labute approximate surface area is 126 Å². The Kier molecular flexibility index (Phi) is 3.90. The number of carbonyl (C=O) groups excluding carboxylic acids is 1. The predicted octanol–water partition coefficient (Wildman–Crippen LogP) is 2.23. The van der Waals surface area contributed by atoms with E-state index in [1.165, 1.54) is 24.2 Å². The lowest BCUT2D eigenvalue weighted by molar-refractivity contribution is -0.117. The molecule has 1 aromatic carbocycles. The van der Waals surface area contributed by atoms with E-state index in [0.717, 1.165) is 11.3 Å². The molecule has 110 valence electrons. The summed E-state index contributed by atoms with van der Waals surface area (Å²) in [4.78, 5) is 16.5. The van der Waals surface area contributed by atoms with Crippen molar-refractivity contribution < 1.29 is 9.90 Å². The van der Waals surface area contributed by atoms with Gasteiger partial charge in [0, 0.05) is 11.3 Å². The number of hydrogen-bond donors (Lipinski definition) is 3. The van der Waals surface area contributed by atoms with Crippen LogP contribution < -0.4 is 11.1 Å². The summed E-state index contributed by atoms with van der Waals surface area (Å²) in [5.41, 5.74) is 7.90. The van der Waals surface area contributed by atoms with E-state index in [9.17, 15) is 9.90 Å². The van der Waals surface area contributed by atoms with Crippen molar-refractivity contribution in [2.75, 3.05) is 5.32 Å². The molecule has 4 N–H and O–H groups in total. The van der Waals surface area contributed by atoms with Crippen LogP contribution in [-0.4, -0.2) is 22.0 Å². The van der Waals surface area contributed by atoms with E-state index in [2.05, 4.69) is 10.3 Å². The van der Waals surface area contributed by atoms with Gasteiger partial charge in [0.1, 0.15) is 5.75 Å². The van der Waals surface area contributed by atoms with E-state index in [1.54, 1.807) is 24.3 Å². The molecule has 0 radical (unpaired) electrons. The van der Waals surface area contributed by atoms with Gasteiger partial charge >= 0.3 is 0 Å². The lowest BCUT2D eigenvalue weighted by Gasteiger charge is -2.10. The second-order valence-electron chi connectivity index (χ2n) is 5.32. The Hall–Kier alpha value is -1.92. The minimum Gasteiger partial charge on any atom is -0.508 e.